The van der Waals surface area contributed by atoms with Gasteiger partial charge in [-0.05, 0) is 66.9 Å². The summed E-state index contributed by atoms with van der Waals surface area (Å²) in [5.74, 6) is 2.79. The first kappa shape index (κ1) is 22.2. The van der Waals surface area contributed by atoms with Crippen LogP contribution in [0.4, 0.5) is 5.82 Å². The van der Waals surface area contributed by atoms with Crippen molar-refractivity contribution in [3.8, 4) is 28.3 Å². The monoisotopic (exact) mass is 487 g/mol. The quantitative estimate of drug-likeness (QED) is 0.383. The molecular formula is C30H29N7. The second-order valence-corrected chi connectivity index (χ2v) is 10.2. The van der Waals surface area contributed by atoms with Crippen LogP contribution in [0.2, 0.25) is 0 Å². The van der Waals surface area contributed by atoms with Gasteiger partial charge >= 0.3 is 0 Å². The van der Waals surface area contributed by atoms with E-state index in [1.54, 1.807) is 6.20 Å². The van der Waals surface area contributed by atoms with Crippen molar-refractivity contribution >= 4 is 17.0 Å². The van der Waals surface area contributed by atoms with Crippen LogP contribution < -0.4 is 11.1 Å². The van der Waals surface area contributed by atoms with Crippen molar-refractivity contribution in [1.29, 1.82) is 0 Å². The summed E-state index contributed by atoms with van der Waals surface area (Å²) in [7, 11) is 0. The second kappa shape index (κ2) is 9.10. The van der Waals surface area contributed by atoms with Gasteiger partial charge < -0.3 is 11.1 Å². The number of likely N-dealkylation sites (tertiary alicyclic amines) is 1. The molecule has 0 radical (unpaired) electrons. The first-order valence-corrected chi connectivity index (χ1v) is 12.9. The topological polar surface area (TPSA) is 84.9 Å². The molecule has 2 aromatic carbocycles. The van der Waals surface area contributed by atoms with E-state index in [-0.39, 0.29) is 0 Å². The highest BCUT2D eigenvalue weighted by atomic mass is 15.2. The van der Waals surface area contributed by atoms with Gasteiger partial charge in [-0.1, -0.05) is 42.5 Å². The minimum Gasteiger partial charge on any atom is -0.383 e. The van der Waals surface area contributed by atoms with Gasteiger partial charge in [0, 0.05) is 37.1 Å². The van der Waals surface area contributed by atoms with Crippen LogP contribution in [0.3, 0.4) is 0 Å². The minimum absolute atomic E-state index is 0.452. The van der Waals surface area contributed by atoms with Crippen LogP contribution in [0.1, 0.15) is 5.56 Å². The number of pyridine rings is 2. The van der Waals surface area contributed by atoms with Crippen molar-refractivity contribution in [2.24, 2.45) is 11.8 Å². The zero-order chi connectivity index (χ0) is 24.8. The van der Waals surface area contributed by atoms with Crippen LogP contribution in [-0.4, -0.2) is 50.6 Å². The lowest BCUT2D eigenvalue weighted by molar-refractivity contribution is 0.305. The smallest absolute Gasteiger partial charge is 0.165 e. The molecule has 0 aliphatic carbocycles. The molecule has 2 aliphatic heterocycles. The van der Waals surface area contributed by atoms with Crippen molar-refractivity contribution in [3.05, 3.63) is 90.6 Å². The molecule has 3 N–H and O–H groups in total. The molecule has 0 saturated carbocycles. The molecule has 5 aromatic rings. The SMILES string of the molecule is Nc1ncccc1-c1nc2ccc(-c3ccccc3)nc2n1-c1ccc(CN2C[C@H]3CNC[C@H]3C2)cc1. The van der Waals surface area contributed by atoms with Gasteiger partial charge in [-0.25, -0.2) is 15.0 Å². The third-order valence-corrected chi connectivity index (χ3v) is 7.72. The first-order valence-electron chi connectivity index (χ1n) is 12.9. The normalized spacial score (nSPS) is 19.5. The van der Waals surface area contributed by atoms with Crippen LogP contribution in [0.5, 0.6) is 0 Å². The second-order valence-electron chi connectivity index (χ2n) is 10.2. The van der Waals surface area contributed by atoms with Crippen LogP contribution >= 0.6 is 0 Å². The van der Waals surface area contributed by atoms with Crippen LogP contribution in [-0.2, 0) is 6.54 Å². The molecule has 0 bridgehead atoms. The lowest BCUT2D eigenvalue weighted by atomic mass is 10.0. The summed E-state index contributed by atoms with van der Waals surface area (Å²) in [6.45, 7) is 5.67. The number of aromatic nitrogens is 4. The molecule has 7 nitrogen and oxygen atoms in total. The maximum absolute atomic E-state index is 6.30. The molecular weight excluding hydrogens is 458 g/mol. The molecule has 2 fully saturated rings. The van der Waals surface area contributed by atoms with E-state index in [1.165, 1.54) is 18.7 Å². The maximum Gasteiger partial charge on any atom is 0.165 e. The Bertz CT molecular complexity index is 1550. The molecule has 7 rings (SSSR count). The fourth-order valence-electron chi connectivity index (χ4n) is 5.85. The van der Waals surface area contributed by atoms with Crippen LogP contribution in [0, 0.1) is 11.8 Å². The summed E-state index contributed by atoms with van der Waals surface area (Å²) in [6, 6.07) is 26.9. The van der Waals surface area contributed by atoms with E-state index >= 15 is 0 Å². The molecule has 0 amide bonds. The Balaban J connectivity index is 1.29. The standard InChI is InChI=1S/C30H29N7/c31-28-25(7-4-14-33-28)29-35-27-13-12-26(21-5-2-1-3-6-21)34-30(27)37(29)24-10-8-20(9-11-24)17-36-18-22-15-32-16-23(22)19-36/h1-14,22-23,32H,15-19H2,(H2,31,33)/t22-,23+. The van der Waals surface area contributed by atoms with Crippen molar-refractivity contribution in [1.82, 2.24) is 29.7 Å². The van der Waals surface area contributed by atoms with E-state index in [4.69, 9.17) is 15.7 Å². The van der Waals surface area contributed by atoms with Gasteiger partial charge in [0.25, 0.3) is 0 Å². The van der Waals surface area contributed by atoms with Gasteiger partial charge in [0.05, 0.1) is 11.3 Å². The Hall–Kier alpha value is -4.07. The minimum atomic E-state index is 0.452. The molecule has 2 saturated heterocycles. The Morgan fingerprint density at radius 1 is 0.838 bits per heavy atom. The fourth-order valence-corrected chi connectivity index (χ4v) is 5.85. The highest BCUT2D eigenvalue weighted by Crippen LogP contribution is 2.32. The third-order valence-electron chi connectivity index (χ3n) is 7.72. The lowest BCUT2D eigenvalue weighted by Gasteiger charge is -2.17. The van der Waals surface area contributed by atoms with Gasteiger partial charge in [-0.15, -0.1) is 0 Å². The third kappa shape index (κ3) is 4.06. The number of imidazole rings is 1. The number of hydrogen-bond acceptors (Lipinski definition) is 6. The van der Waals surface area contributed by atoms with E-state index in [1.807, 2.05) is 42.5 Å². The number of benzene rings is 2. The van der Waals surface area contributed by atoms with E-state index in [9.17, 15) is 0 Å². The molecule has 5 heterocycles. The first-order chi connectivity index (χ1) is 18.2. The summed E-state index contributed by atoms with van der Waals surface area (Å²) in [5, 5.41) is 3.53. The fraction of sp³-hybridized carbons (Fsp3) is 0.233. The highest BCUT2D eigenvalue weighted by molar-refractivity contribution is 5.84. The number of rotatable bonds is 5. The Labute approximate surface area is 216 Å². The maximum atomic E-state index is 6.30. The van der Waals surface area contributed by atoms with Crippen molar-refractivity contribution in [2.75, 3.05) is 31.9 Å². The van der Waals surface area contributed by atoms with E-state index < -0.39 is 0 Å². The molecule has 0 unspecified atom stereocenters. The molecule has 2 atom stereocenters. The molecule has 3 aromatic heterocycles. The van der Waals surface area contributed by atoms with Gasteiger partial charge in [0.1, 0.15) is 11.3 Å². The lowest BCUT2D eigenvalue weighted by Crippen LogP contribution is -2.25. The number of nitrogens with one attached hydrogen (secondary N) is 1. The zero-order valence-electron chi connectivity index (χ0n) is 20.6. The van der Waals surface area contributed by atoms with Crippen LogP contribution in [0.15, 0.2) is 85.1 Å². The number of hydrogen-bond donors (Lipinski definition) is 2. The highest BCUT2D eigenvalue weighted by Gasteiger charge is 2.35. The van der Waals surface area contributed by atoms with Gasteiger partial charge in [0.2, 0.25) is 0 Å². The number of anilines is 1. The Morgan fingerprint density at radius 3 is 2.38 bits per heavy atom. The van der Waals surface area contributed by atoms with Crippen molar-refractivity contribution < 1.29 is 0 Å². The molecule has 2 aliphatic rings. The van der Waals surface area contributed by atoms with Crippen molar-refractivity contribution in [3.63, 3.8) is 0 Å². The largest absolute Gasteiger partial charge is 0.383 e. The summed E-state index contributed by atoms with van der Waals surface area (Å²) >= 11 is 0. The van der Waals surface area contributed by atoms with E-state index in [0.717, 1.165) is 71.0 Å². The molecule has 0 spiro atoms. The Morgan fingerprint density at radius 2 is 1.62 bits per heavy atom. The van der Waals surface area contributed by atoms with Gasteiger partial charge in [0.15, 0.2) is 11.5 Å². The average Bonchev–Trinajstić information content (AvgIpc) is 3.63. The summed E-state index contributed by atoms with van der Waals surface area (Å²) < 4.78 is 2.10. The van der Waals surface area contributed by atoms with Crippen LogP contribution in [0.25, 0.3) is 39.5 Å². The summed E-state index contributed by atoms with van der Waals surface area (Å²) in [6.07, 6.45) is 1.70. The van der Waals surface area contributed by atoms with Gasteiger partial charge in [-0.2, -0.15) is 0 Å². The average molecular weight is 488 g/mol. The number of nitrogens with two attached hydrogens (primary N) is 1. The Kier molecular flexibility index (Phi) is 5.45. The van der Waals surface area contributed by atoms with Crippen molar-refractivity contribution in [2.45, 2.75) is 6.54 Å². The number of fused-ring (bicyclic) bond motifs is 2. The van der Waals surface area contributed by atoms with E-state index in [0.29, 0.717) is 5.82 Å². The molecule has 7 heteroatoms. The summed E-state index contributed by atoms with van der Waals surface area (Å²) in [5.41, 5.74) is 13.0. The molecule has 184 valence electrons. The number of nitrogen functional groups attached to an aromatic ring is 1. The zero-order valence-corrected chi connectivity index (χ0v) is 20.6. The predicted octanol–water partition coefficient (Wildman–Crippen LogP) is 4.38. The van der Waals surface area contributed by atoms with E-state index in [2.05, 4.69) is 56.2 Å². The molecule has 37 heavy (non-hydrogen) atoms. The number of nitrogens with zero attached hydrogens (tertiary/aromatic N) is 5. The predicted molar refractivity (Wildman–Crippen MR) is 147 cm³/mol. The summed E-state index contributed by atoms with van der Waals surface area (Å²) in [4.78, 5) is 16.9. The van der Waals surface area contributed by atoms with Gasteiger partial charge in [-0.3, -0.25) is 9.47 Å².